The van der Waals surface area contributed by atoms with Crippen LogP contribution in [-0.2, 0) is 6.54 Å². The van der Waals surface area contributed by atoms with Crippen LogP contribution in [0.15, 0.2) is 41.3 Å². The molecule has 4 N–H and O–H groups in total. The lowest BCUT2D eigenvalue weighted by molar-refractivity contribution is 0.0942. The van der Waals surface area contributed by atoms with Gasteiger partial charge in [0.2, 0.25) is 5.75 Å². The first-order valence-corrected chi connectivity index (χ1v) is 8.17. The number of carbonyl (C=O) groups excluding carboxylic acids is 1. The van der Waals surface area contributed by atoms with Gasteiger partial charge in [-0.2, -0.15) is 0 Å². The summed E-state index contributed by atoms with van der Waals surface area (Å²) < 4.78 is 14.6. The van der Waals surface area contributed by atoms with Crippen LogP contribution in [0.5, 0.6) is 5.75 Å². The largest absolute Gasteiger partial charge is 0.501 e. The van der Waals surface area contributed by atoms with Crippen molar-refractivity contribution < 1.29 is 14.3 Å². The molecule has 2 aromatic heterocycles. The molecule has 9 heteroatoms. The smallest absolute Gasteiger partial charge is 0.300 e. The second-order valence-electron chi connectivity index (χ2n) is 5.23. The Morgan fingerprint density at radius 1 is 1.36 bits per heavy atom. The van der Waals surface area contributed by atoms with Gasteiger partial charge in [0.05, 0.1) is 5.69 Å². The fourth-order valence-electron chi connectivity index (χ4n) is 2.25. The summed E-state index contributed by atoms with van der Waals surface area (Å²) in [4.78, 5) is 28.6. The molecular weight excluding hydrogens is 442 g/mol. The number of benzene rings is 1. The Bertz CT molecular complexity index is 1030. The van der Waals surface area contributed by atoms with E-state index < -0.39 is 22.9 Å². The molecule has 0 unspecified atom stereocenters. The van der Waals surface area contributed by atoms with Crippen molar-refractivity contribution in [3.8, 4) is 5.75 Å². The van der Waals surface area contributed by atoms with Gasteiger partial charge < -0.3 is 16.2 Å². The van der Waals surface area contributed by atoms with Crippen molar-refractivity contribution in [3.63, 3.8) is 0 Å². The number of nitrogens with two attached hydrogens (primary N) is 1. The zero-order valence-electron chi connectivity index (χ0n) is 12.7. The van der Waals surface area contributed by atoms with Gasteiger partial charge in [-0.3, -0.25) is 14.0 Å². The maximum atomic E-state index is 12.9. The van der Waals surface area contributed by atoms with Crippen molar-refractivity contribution in [2.24, 2.45) is 0 Å². The van der Waals surface area contributed by atoms with Crippen molar-refractivity contribution in [2.45, 2.75) is 6.54 Å². The fraction of sp³-hybridized carbons (Fsp3) is 0.0625. The minimum absolute atomic E-state index is 0.0788. The highest BCUT2D eigenvalue weighted by Crippen LogP contribution is 2.18. The van der Waals surface area contributed by atoms with E-state index in [0.29, 0.717) is 9.13 Å². The molecule has 1 aromatic carbocycles. The molecule has 0 bridgehead atoms. The first kappa shape index (κ1) is 17.1. The Kier molecular flexibility index (Phi) is 4.57. The minimum atomic E-state index is -0.790. The number of aromatic nitrogens is 2. The van der Waals surface area contributed by atoms with Crippen molar-refractivity contribution >= 4 is 39.8 Å². The number of fused-ring (bicyclic) bond motifs is 1. The van der Waals surface area contributed by atoms with E-state index in [4.69, 9.17) is 5.73 Å². The van der Waals surface area contributed by atoms with Gasteiger partial charge in [0, 0.05) is 16.3 Å². The monoisotopic (exact) mass is 454 g/mol. The number of nitrogens with zero attached hydrogens (tertiary/aromatic N) is 2. The molecule has 0 radical (unpaired) electrons. The lowest BCUT2D eigenvalue weighted by Crippen LogP contribution is -2.27. The summed E-state index contributed by atoms with van der Waals surface area (Å²) >= 11 is 1.97. The quantitative estimate of drug-likeness (QED) is 0.522. The Morgan fingerprint density at radius 2 is 2.04 bits per heavy atom. The van der Waals surface area contributed by atoms with Crippen LogP contribution in [0.1, 0.15) is 16.1 Å². The number of amides is 1. The van der Waals surface area contributed by atoms with E-state index in [0.717, 1.165) is 4.40 Å². The van der Waals surface area contributed by atoms with E-state index in [1.54, 1.807) is 6.07 Å². The van der Waals surface area contributed by atoms with E-state index in [9.17, 15) is 19.1 Å². The summed E-state index contributed by atoms with van der Waals surface area (Å²) in [5.41, 5.74) is 5.58. The topological polar surface area (TPSA) is 110 Å². The summed E-state index contributed by atoms with van der Waals surface area (Å²) in [5.74, 6) is -1.89. The second kappa shape index (κ2) is 6.67. The van der Waals surface area contributed by atoms with Gasteiger partial charge in [-0.25, -0.2) is 9.37 Å². The summed E-state index contributed by atoms with van der Waals surface area (Å²) in [6.07, 6.45) is 1.46. The Hall–Kier alpha value is -2.69. The standard InChI is InChI=1S/C16H12FIN4O3/c17-9-3-1-8(2-4-9)6-20-15(24)12-13(23)16(25)22-7-10(18)5-11(19)14(22)21-12/h1-5,7,23H,6,19H2,(H,20,24). The number of pyridine rings is 1. The molecule has 0 saturated carbocycles. The highest BCUT2D eigenvalue weighted by molar-refractivity contribution is 14.1. The molecule has 0 aliphatic carbocycles. The number of anilines is 1. The second-order valence-corrected chi connectivity index (χ2v) is 6.48. The van der Waals surface area contributed by atoms with Gasteiger partial charge in [-0.15, -0.1) is 0 Å². The summed E-state index contributed by atoms with van der Waals surface area (Å²) in [6, 6.07) is 7.15. The van der Waals surface area contributed by atoms with Crippen molar-refractivity contribution in [1.82, 2.24) is 14.7 Å². The molecule has 0 aliphatic rings. The number of hydrogen-bond donors (Lipinski definition) is 3. The molecule has 128 valence electrons. The van der Waals surface area contributed by atoms with Crippen LogP contribution in [0.2, 0.25) is 0 Å². The Morgan fingerprint density at radius 3 is 2.72 bits per heavy atom. The number of nitrogen functional groups attached to an aromatic ring is 1. The third-order valence-corrected chi connectivity index (χ3v) is 4.07. The molecule has 25 heavy (non-hydrogen) atoms. The first-order valence-electron chi connectivity index (χ1n) is 7.10. The van der Waals surface area contributed by atoms with Crippen LogP contribution < -0.4 is 16.6 Å². The van der Waals surface area contributed by atoms with E-state index in [1.165, 1.54) is 30.5 Å². The molecule has 1 amide bonds. The zero-order chi connectivity index (χ0) is 18.1. The van der Waals surface area contributed by atoms with Crippen molar-refractivity contribution in [3.05, 3.63) is 67.5 Å². The van der Waals surface area contributed by atoms with Crippen LogP contribution in [0.4, 0.5) is 10.1 Å². The highest BCUT2D eigenvalue weighted by Gasteiger charge is 2.19. The summed E-state index contributed by atoms with van der Waals surface area (Å²) in [7, 11) is 0. The van der Waals surface area contributed by atoms with Crippen LogP contribution in [-0.4, -0.2) is 20.4 Å². The van der Waals surface area contributed by atoms with Gasteiger partial charge in [0.15, 0.2) is 11.3 Å². The maximum absolute atomic E-state index is 12.9. The SMILES string of the molecule is Nc1cc(I)cn2c(=O)c(O)c(C(=O)NCc3ccc(F)cc3)nc12. The van der Waals surface area contributed by atoms with Gasteiger partial charge >= 0.3 is 5.56 Å². The third kappa shape index (κ3) is 3.40. The number of carbonyl (C=O) groups is 1. The van der Waals surface area contributed by atoms with Gasteiger partial charge in [0.25, 0.3) is 5.91 Å². The van der Waals surface area contributed by atoms with Crippen molar-refractivity contribution in [2.75, 3.05) is 5.73 Å². The van der Waals surface area contributed by atoms with Crippen LogP contribution in [0, 0.1) is 9.39 Å². The zero-order valence-corrected chi connectivity index (χ0v) is 14.8. The van der Waals surface area contributed by atoms with E-state index in [2.05, 4.69) is 10.3 Å². The molecule has 0 atom stereocenters. The highest BCUT2D eigenvalue weighted by atomic mass is 127. The molecule has 7 nitrogen and oxygen atoms in total. The fourth-order valence-corrected chi connectivity index (χ4v) is 2.86. The number of halogens is 2. The molecular formula is C16H12FIN4O3. The molecule has 0 saturated heterocycles. The average Bonchev–Trinajstić information content (AvgIpc) is 2.57. The molecule has 3 rings (SSSR count). The number of aromatic hydroxyl groups is 1. The van der Waals surface area contributed by atoms with Gasteiger partial charge in [-0.05, 0) is 46.4 Å². The van der Waals surface area contributed by atoms with Crippen molar-refractivity contribution in [1.29, 1.82) is 0 Å². The van der Waals surface area contributed by atoms with E-state index in [-0.39, 0.29) is 23.7 Å². The van der Waals surface area contributed by atoms with E-state index >= 15 is 0 Å². The van der Waals surface area contributed by atoms with Crippen LogP contribution in [0.25, 0.3) is 5.65 Å². The number of rotatable bonds is 3. The Balaban J connectivity index is 1.95. The first-order chi connectivity index (χ1) is 11.9. The molecule has 3 aromatic rings. The van der Waals surface area contributed by atoms with E-state index in [1.807, 2.05) is 22.6 Å². The number of hydrogen-bond acceptors (Lipinski definition) is 5. The predicted octanol–water partition coefficient (Wildman–Crippen LogP) is 1.66. The van der Waals surface area contributed by atoms with Gasteiger partial charge in [0.1, 0.15) is 5.82 Å². The minimum Gasteiger partial charge on any atom is -0.501 e. The summed E-state index contributed by atoms with van der Waals surface area (Å²) in [6.45, 7) is 0.0851. The predicted molar refractivity (Wildman–Crippen MR) is 97.8 cm³/mol. The molecule has 0 spiro atoms. The normalized spacial score (nSPS) is 10.8. The third-order valence-electron chi connectivity index (χ3n) is 3.48. The van der Waals surface area contributed by atoms with Crippen LogP contribution in [0.3, 0.4) is 0 Å². The molecule has 0 fully saturated rings. The molecule has 2 heterocycles. The van der Waals surface area contributed by atoms with Gasteiger partial charge in [-0.1, -0.05) is 12.1 Å². The average molecular weight is 454 g/mol. The lowest BCUT2D eigenvalue weighted by atomic mass is 10.2. The lowest BCUT2D eigenvalue weighted by Gasteiger charge is -2.10. The Labute approximate surface area is 154 Å². The number of nitrogens with one attached hydrogen (secondary N) is 1. The van der Waals surface area contributed by atoms with Crippen LogP contribution >= 0.6 is 22.6 Å². The molecule has 0 aliphatic heterocycles. The maximum Gasteiger partial charge on any atom is 0.300 e. The summed E-state index contributed by atoms with van der Waals surface area (Å²) in [5, 5.41) is 12.6.